The summed E-state index contributed by atoms with van der Waals surface area (Å²) in [5.41, 5.74) is 2.09. The number of aryl methyl sites for hydroxylation is 1. The van der Waals surface area contributed by atoms with Crippen molar-refractivity contribution in [1.29, 1.82) is 0 Å². The van der Waals surface area contributed by atoms with Gasteiger partial charge in [-0.25, -0.2) is 13.6 Å². The highest BCUT2D eigenvalue weighted by Gasteiger charge is 2.21. The van der Waals surface area contributed by atoms with Crippen LogP contribution in [0, 0.1) is 6.92 Å². The van der Waals surface area contributed by atoms with Crippen LogP contribution < -0.4 is 5.14 Å². The summed E-state index contributed by atoms with van der Waals surface area (Å²) >= 11 is 1.38. The van der Waals surface area contributed by atoms with E-state index in [-0.39, 0.29) is 0 Å². The third kappa shape index (κ3) is 4.58. The van der Waals surface area contributed by atoms with Crippen molar-refractivity contribution < 1.29 is 8.42 Å². The number of sulfonamides is 1. The molecule has 0 atom stereocenters. The van der Waals surface area contributed by atoms with Gasteiger partial charge in [0.15, 0.2) is 0 Å². The molecule has 110 valence electrons. The Morgan fingerprint density at radius 1 is 1.05 bits per heavy atom. The Hall–Kier alpha value is -0.390. The van der Waals surface area contributed by atoms with Gasteiger partial charge in [-0.1, -0.05) is 39.5 Å². The Morgan fingerprint density at radius 2 is 1.74 bits per heavy atom. The van der Waals surface area contributed by atoms with E-state index in [9.17, 15) is 8.42 Å². The number of thiophene rings is 1. The van der Waals surface area contributed by atoms with E-state index in [4.69, 9.17) is 5.14 Å². The number of nitrogens with two attached hydrogens (primary N) is 1. The van der Waals surface area contributed by atoms with Crippen LogP contribution in [0.3, 0.4) is 0 Å². The maximum Gasteiger partial charge on any atom is 0.247 e. The van der Waals surface area contributed by atoms with Gasteiger partial charge in [-0.3, -0.25) is 0 Å². The molecule has 5 heteroatoms. The van der Waals surface area contributed by atoms with Gasteiger partial charge < -0.3 is 0 Å². The molecular formula is C14H25NO2S2. The largest absolute Gasteiger partial charge is 0.247 e. The molecule has 0 fully saturated rings. The smallest absolute Gasteiger partial charge is 0.224 e. The van der Waals surface area contributed by atoms with Crippen molar-refractivity contribution in [3.8, 4) is 0 Å². The highest BCUT2D eigenvalue weighted by Crippen LogP contribution is 2.33. The van der Waals surface area contributed by atoms with E-state index >= 15 is 0 Å². The maximum absolute atomic E-state index is 11.6. The van der Waals surface area contributed by atoms with Crippen LogP contribution >= 0.6 is 11.3 Å². The van der Waals surface area contributed by atoms with E-state index in [1.165, 1.54) is 41.0 Å². The van der Waals surface area contributed by atoms with Crippen LogP contribution in [0.1, 0.15) is 62.0 Å². The Morgan fingerprint density at radius 3 is 2.26 bits per heavy atom. The lowest BCUT2D eigenvalue weighted by molar-refractivity contribution is 0.599. The van der Waals surface area contributed by atoms with E-state index in [2.05, 4.69) is 13.8 Å². The van der Waals surface area contributed by atoms with Crippen LogP contribution in [-0.4, -0.2) is 8.42 Å². The monoisotopic (exact) mass is 303 g/mol. The van der Waals surface area contributed by atoms with Crippen molar-refractivity contribution in [3.63, 3.8) is 0 Å². The number of primary sulfonamides is 1. The van der Waals surface area contributed by atoms with E-state index in [1.54, 1.807) is 0 Å². The summed E-state index contributed by atoms with van der Waals surface area (Å²) < 4.78 is 23.5. The second kappa shape index (κ2) is 7.41. The van der Waals surface area contributed by atoms with Crippen LogP contribution in [-0.2, 0) is 22.9 Å². The van der Waals surface area contributed by atoms with Gasteiger partial charge in [0.25, 0.3) is 0 Å². The summed E-state index contributed by atoms with van der Waals surface area (Å²) in [6.45, 7) is 6.20. The molecule has 0 amide bonds. The number of hydrogen-bond donors (Lipinski definition) is 1. The van der Waals surface area contributed by atoms with Gasteiger partial charge in [-0.2, -0.15) is 0 Å². The Kier molecular flexibility index (Phi) is 6.50. The lowest BCUT2D eigenvalue weighted by Gasteiger charge is -2.04. The fourth-order valence-corrected chi connectivity index (χ4v) is 4.79. The third-order valence-corrected chi connectivity index (χ3v) is 6.29. The first-order valence-corrected chi connectivity index (χ1v) is 9.42. The van der Waals surface area contributed by atoms with Gasteiger partial charge in [0, 0.05) is 4.88 Å². The summed E-state index contributed by atoms with van der Waals surface area (Å²) in [4.78, 5) is 1.22. The summed E-state index contributed by atoms with van der Waals surface area (Å²) in [6.07, 6.45) is 7.77. The molecule has 3 nitrogen and oxygen atoms in total. The zero-order chi connectivity index (χ0) is 14.5. The predicted molar refractivity (Wildman–Crippen MR) is 82.3 cm³/mol. The van der Waals surface area contributed by atoms with Crippen LogP contribution in [0.15, 0.2) is 4.21 Å². The molecule has 19 heavy (non-hydrogen) atoms. The Balaban J connectivity index is 2.95. The van der Waals surface area contributed by atoms with Crippen LogP contribution in [0.2, 0.25) is 0 Å². The molecule has 0 aliphatic rings. The molecule has 0 bridgehead atoms. The van der Waals surface area contributed by atoms with Gasteiger partial charge >= 0.3 is 0 Å². The first kappa shape index (κ1) is 16.7. The predicted octanol–water partition coefficient (Wildman–Crippen LogP) is 3.78. The summed E-state index contributed by atoms with van der Waals surface area (Å²) in [6, 6.07) is 0. The van der Waals surface area contributed by atoms with Crippen molar-refractivity contribution in [2.24, 2.45) is 5.14 Å². The molecular weight excluding hydrogens is 278 g/mol. The summed E-state index contributed by atoms with van der Waals surface area (Å²) in [5, 5.41) is 5.29. The Bertz CT molecular complexity index is 504. The standard InChI is InChI=1S/C14H25NO2S2/c1-4-6-7-8-10-13-12(9-5-2)11(3)14(18-13)19(15,16)17/h4-10H2,1-3H3,(H2,15,16,17). The average Bonchev–Trinajstić information content (AvgIpc) is 2.63. The minimum absolute atomic E-state index is 0.362. The highest BCUT2D eigenvalue weighted by molar-refractivity contribution is 7.91. The molecule has 1 heterocycles. The molecule has 1 rings (SSSR count). The van der Waals surface area contributed by atoms with Crippen molar-refractivity contribution >= 4 is 21.4 Å². The van der Waals surface area contributed by atoms with Crippen molar-refractivity contribution in [3.05, 3.63) is 16.0 Å². The van der Waals surface area contributed by atoms with Crippen molar-refractivity contribution in [2.75, 3.05) is 0 Å². The van der Waals surface area contributed by atoms with Gasteiger partial charge in [-0.05, 0) is 37.3 Å². The van der Waals surface area contributed by atoms with Crippen LogP contribution in [0.4, 0.5) is 0 Å². The molecule has 1 aromatic rings. The van der Waals surface area contributed by atoms with Crippen molar-refractivity contribution in [2.45, 2.75) is 69.9 Å². The zero-order valence-electron chi connectivity index (χ0n) is 12.2. The normalized spacial score (nSPS) is 12.0. The Labute approximate surface area is 121 Å². The van der Waals surface area contributed by atoms with Gasteiger partial charge in [0.1, 0.15) is 4.21 Å². The molecule has 0 saturated carbocycles. The van der Waals surface area contributed by atoms with E-state index in [0.29, 0.717) is 4.21 Å². The first-order chi connectivity index (χ1) is 8.91. The average molecular weight is 303 g/mol. The molecule has 0 unspecified atom stereocenters. The van der Waals surface area contributed by atoms with Gasteiger partial charge in [0.2, 0.25) is 10.0 Å². The second-order valence-electron chi connectivity index (χ2n) is 5.02. The first-order valence-electron chi connectivity index (χ1n) is 7.05. The number of unbranched alkanes of at least 4 members (excludes halogenated alkanes) is 3. The molecule has 0 aliphatic carbocycles. The topological polar surface area (TPSA) is 60.2 Å². The molecule has 1 aromatic heterocycles. The summed E-state index contributed by atoms with van der Waals surface area (Å²) in [7, 11) is -3.57. The van der Waals surface area contributed by atoms with E-state index < -0.39 is 10.0 Å². The maximum atomic E-state index is 11.6. The van der Waals surface area contributed by atoms with E-state index in [0.717, 1.165) is 31.2 Å². The second-order valence-corrected chi connectivity index (χ2v) is 7.88. The summed E-state index contributed by atoms with van der Waals surface area (Å²) in [5.74, 6) is 0. The zero-order valence-corrected chi connectivity index (χ0v) is 13.8. The highest BCUT2D eigenvalue weighted by atomic mass is 32.2. The molecule has 0 spiro atoms. The van der Waals surface area contributed by atoms with Crippen molar-refractivity contribution in [1.82, 2.24) is 0 Å². The molecule has 0 saturated heterocycles. The fourth-order valence-electron chi connectivity index (χ4n) is 2.35. The van der Waals surface area contributed by atoms with E-state index in [1.807, 2.05) is 6.92 Å². The lowest BCUT2D eigenvalue weighted by atomic mass is 10.0. The lowest BCUT2D eigenvalue weighted by Crippen LogP contribution is -2.11. The van der Waals surface area contributed by atoms with Crippen LogP contribution in [0.5, 0.6) is 0 Å². The number of rotatable bonds is 8. The minimum atomic E-state index is -3.57. The van der Waals surface area contributed by atoms with Gasteiger partial charge in [0.05, 0.1) is 0 Å². The molecule has 2 N–H and O–H groups in total. The van der Waals surface area contributed by atoms with Gasteiger partial charge in [-0.15, -0.1) is 11.3 Å². The molecule has 0 radical (unpaired) electrons. The number of hydrogen-bond acceptors (Lipinski definition) is 3. The SMILES string of the molecule is CCCCCCc1sc(S(N)(=O)=O)c(C)c1CCC. The quantitative estimate of drug-likeness (QED) is 0.743. The third-order valence-electron chi connectivity index (χ3n) is 3.33. The minimum Gasteiger partial charge on any atom is -0.224 e. The van der Waals surface area contributed by atoms with Crippen LogP contribution in [0.25, 0.3) is 0 Å². The fraction of sp³-hybridized carbons (Fsp3) is 0.714. The molecule has 0 aromatic carbocycles. The molecule has 0 aliphatic heterocycles.